The molecule has 20 heavy (non-hydrogen) atoms. The van der Waals surface area contributed by atoms with E-state index < -0.39 is 10.0 Å². The first-order valence-electron chi connectivity index (χ1n) is 6.46. The fourth-order valence-electron chi connectivity index (χ4n) is 1.84. The molecular formula is C14H18N2O2S2. The Hall–Kier alpha value is -1.21. The largest absolute Gasteiger partial charge is 0.326 e. The number of sulfonamides is 1. The van der Waals surface area contributed by atoms with Crippen LogP contribution < -0.4 is 10.5 Å². The molecule has 108 valence electrons. The van der Waals surface area contributed by atoms with Crippen LogP contribution in [0, 0.1) is 0 Å². The fourth-order valence-corrected chi connectivity index (χ4v) is 4.64. The van der Waals surface area contributed by atoms with E-state index in [1.54, 1.807) is 0 Å². The van der Waals surface area contributed by atoms with Gasteiger partial charge in [-0.2, -0.15) is 0 Å². The molecule has 0 bridgehead atoms. The molecule has 0 saturated heterocycles. The second-order valence-electron chi connectivity index (χ2n) is 4.38. The van der Waals surface area contributed by atoms with Crippen molar-refractivity contribution in [3.8, 4) is 11.1 Å². The summed E-state index contributed by atoms with van der Waals surface area (Å²) in [5.74, 6) is 0. The Morgan fingerprint density at radius 3 is 2.55 bits per heavy atom. The normalized spacial score (nSPS) is 11.7. The molecule has 3 N–H and O–H groups in total. The summed E-state index contributed by atoms with van der Waals surface area (Å²) in [5.41, 5.74) is 7.26. The molecule has 4 nitrogen and oxygen atoms in total. The third kappa shape index (κ3) is 3.27. The molecule has 0 aliphatic heterocycles. The average molecular weight is 310 g/mol. The molecule has 1 heterocycles. The Kier molecular flexibility index (Phi) is 4.93. The van der Waals surface area contributed by atoms with E-state index in [1.807, 2.05) is 43.3 Å². The van der Waals surface area contributed by atoms with Gasteiger partial charge in [-0.15, -0.1) is 11.3 Å². The van der Waals surface area contributed by atoms with Gasteiger partial charge in [0.05, 0.1) is 0 Å². The Labute approximate surface area is 123 Å². The van der Waals surface area contributed by atoms with Gasteiger partial charge in [0.1, 0.15) is 4.21 Å². The van der Waals surface area contributed by atoms with Crippen molar-refractivity contribution in [3.05, 3.63) is 41.3 Å². The van der Waals surface area contributed by atoms with Crippen LogP contribution in [0.5, 0.6) is 0 Å². The van der Waals surface area contributed by atoms with E-state index >= 15 is 0 Å². The van der Waals surface area contributed by atoms with Crippen molar-refractivity contribution >= 4 is 21.4 Å². The number of hydrogen-bond donors (Lipinski definition) is 2. The molecule has 0 fully saturated rings. The lowest BCUT2D eigenvalue weighted by Gasteiger charge is -2.06. The maximum atomic E-state index is 12.4. The molecule has 2 aromatic rings. The minimum Gasteiger partial charge on any atom is -0.326 e. The summed E-state index contributed by atoms with van der Waals surface area (Å²) >= 11 is 1.24. The monoisotopic (exact) mass is 310 g/mol. The maximum absolute atomic E-state index is 12.4. The summed E-state index contributed by atoms with van der Waals surface area (Å²) in [6.45, 7) is 2.71. The molecular weight excluding hydrogens is 292 g/mol. The Morgan fingerprint density at radius 1 is 1.25 bits per heavy atom. The van der Waals surface area contributed by atoms with E-state index in [0.29, 0.717) is 17.3 Å². The summed E-state index contributed by atoms with van der Waals surface area (Å²) < 4.78 is 27.7. The number of benzene rings is 1. The van der Waals surface area contributed by atoms with Crippen LogP contribution in [-0.4, -0.2) is 15.0 Å². The molecule has 0 radical (unpaired) electrons. The number of hydrogen-bond acceptors (Lipinski definition) is 4. The number of thiophene rings is 1. The second kappa shape index (κ2) is 6.49. The van der Waals surface area contributed by atoms with Gasteiger partial charge in [0.2, 0.25) is 0 Å². The van der Waals surface area contributed by atoms with E-state index in [0.717, 1.165) is 22.4 Å². The summed E-state index contributed by atoms with van der Waals surface area (Å²) in [6, 6.07) is 11.4. The van der Waals surface area contributed by atoms with Crippen LogP contribution in [0.4, 0.5) is 0 Å². The van der Waals surface area contributed by atoms with Crippen molar-refractivity contribution in [1.29, 1.82) is 0 Å². The third-order valence-electron chi connectivity index (χ3n) is 2.82. The van der Waals surface area contributed by atoms with Crippen LogP contribution >= 0.6 is 11.3 Å². The van der Waals surface area contributed by atoms with Gasteiger partial charge in [0, 0.05) is 23.5 Å². The van der Waals surface area contributed by atoms with Crippen molar-refractivity contribution in [2.45, 2.75) is 24.1 Å². The van der Waals surface area contributed by atoms with Gasteiger partial charge in [-0.3, -0.25) is 0 Å². The second-order valence-corrected chi connectivity index (χ2v) is 7.48. The molecule has 0 aliphatic rings. The van der Waals surface area contributed by atoms with Crippen molar-refractivity contribution in [2.75, 3.05) is 6.54 Å². The van der Waals surface area contributed by atoms with Crippen LogP contribution in [0.1, 0.15) is 18.2 Å². The van der Waals surface area contributed by atoms with E-state index in [-0.39, 0.29) is 0 Å². The molecule has 2 rings (SSSR count). The molecule has 0 saturated carbocycles. The molecule has 1 aromatic heterocycles. The van der Waals surface area contributed by atoms with Crippen molar-refractivity contribution in [3.63, 3.8) is 0 Å². The Balaban J connectivity index is 2.50. The van der Waals surface area contributed by atoms with Crippen LogP contribution in [-0.2, 0) is 16.6 Å². The van der Waals surface area contributed by atoms with E-state index in [1.165, 1.54) is 11.3 Å². The number of rotatable bonds is 6. The van der Waals surface area contributed by atoms with Gasteiger partial charge < -0.3 is 5.73 Å². The molecule has 0 unspecified atom stereocenters. The van der Waals surface area contributed by atoms with E-state index in [4.69, 9.17) is 5.73 Å². The summed E-state index contributed by atoms with van der Waals surface area (Å²) in [6.07, 6.45) is 0.759. The zero-order valence-electron chi connectivity index (χ0n) is 11.3. The molecule has 6 heteroatoms. The lowest BCUT2D eigenvalue weighted by molar-refractivity contribution is 0.583. The number of nitrogens with one attached hydrogen (secondary N) is 1. The van der Waals surface area contributed by atoms with Crippen LogP contribution in [0.3, 0.4) is 0 Å². The fraction of sp³-hybridized carbons (Fsp3) is 0.286. The van der Waals surface area contributed by atoms with Gasteiger partial charge in [-0.1, -0.05) is 37.3 Å². The van der Waals surface area contributed by atoms with Crippen LogP contribution in [0.25, 0.3) is 11.1 Å². The zero-order valence-corrected chi connectivity index (χ0v) is 12.9. The smallest absolute Gasteiger partial charge is 0.250 e. The lowest BCUT2D eigenvalue weighted by atomic mass is 10.1. The summed E-state index contributed by atoms with van der Waals surface area (Å²) in [5, 5.41) is 0. The van der Waals surface area contributed by atoms with Gasteiger partial charge in [-0.25, -0.2) is 13.1 Å². The highest BCUT2D eigenvalue weighted by molar-refractivity contribution is 7.91. The predicted molar refractivity (Wildman–Crippen MR) is 83.1 cm³/mol. The molecule has 0 aliphatic carbocycles. The SMILES string of the molecule is CCCNS(=O)(=O)c1sc(CN)cc1-c1ccccc1. The van der Waals surface area contributed by atoms with Gasteiger partial charge in [0.25, 0.3) is 10.0 Å². The van der Waals surface area contributed by atoms with Gasteiger partial charge >= 0.3 is 0 Å². The Morgan fingerprint density at radius 2 is 1.95 bits per heavy atom. The lowest BCUT2D eigenvalue weighted by Crippen LogP contribution is -2.24. The van der Waals surface area contributed by atoms with Crippen LogP contribution in [0.15, 0.2) is 40.6 Å². The number of nitrogens with two attached hydrogens (primary N) is 1. The van der Waals surface area contributed by atoms with E-state index in [2.05, 4.69) is 4.72 Å². The van der Waals surface area contributed by atoms with Crippen molar-refractivity contribution < 1.29 is 8.42 Å². The molecule has 0 amide bonds. The molecule has 0 atom stereocenters. The van der Waals surface area contributed by atoms with Crippen LogP contribution in [0.2, 0.25) is 0 Å². The first kappa shape index (κ1) is 15.2. The topological polar surface area (TPSA) is 72.2 Å². The zero-order chi connectivity index (χ0) is 14.6. The summed E-state index contributed by atoms with van der Waals surface area (Å²) in [7, 11) is -3.48. The third-order valence-corrected chi connectivity index (χ3v) is 5.97. The highest BCUT2D eigenvalue weighted by Crippen LogP contribution is 2.34. The quantitative estimate of drug-likeness (QED) is 0.861. The predicted octanol–water partition coefficient (Wildman–Crippen LogP) is 2.56. The first-order valence-corrected chi connectivity index (χ1v) is 8.76. The average Bonchev–Trinajstić information content (AvgIpc) is 2.91. The van der Waals surface area contributed by atoms with Gasteiger partial charge in [0.15, 0.2) is 0 Å². The first-order chi connectivity index (χ1) is 9.58. The standard InChI is InChI=1S/C14H18N2O2S2/c1-2-8-16-20(17,18)14-13(9-12(10-15)19-14)11-6-4-3-5-7-11/h3-7,9,16H,2,8,10,15H2,1H3. The van der Waals surface area contributed by atoms with E-state index in [9.17, 15) is 8.42 Å². The Bertz CT molecular complexity index is 664. The molecule has 0 spiro atoms. The minimum atomic E-state index is -3.48. The van der Waals surface area contributed by atoms with Crippen molar-refractivity contribution in [2.24, 2.45) is 5.73 Å². The maximum Gasteiger partial charge on any atom is 0.250 e. The minimum absolute atomic E-state index is 0.341. The highest BCUT2D eigenvalue weighted by Gasteiger charge is 2.22. The molecule has 1 aromatic carbocycles. The highest BCUT2D eigenvalue weighted by atomic mass is 32.2. The van der Waals surface area contributed by atoms with Gasteiger partial charge in [-0.05, 0) is 18.1 Å². The van der Waals surface area contributed by atoms with Crippen molar-refractivity contribution in [1.82, 2.24) is 4.72 Å². The summed E-state index contributed by atoms with van der Waals surface area (Å²) in [4.78, 5) is 0.862.